The standard InChI is InChI=1S/C20H14N4OS2/c1-10-3-4-12-5-6-13(9-15(12)21-10)19(25)24-20-23-14-7-8-16-17(18(14)27-20)22-11(2)26-16/h3-9H,1-2H3,(H,23,24,25). The summed E-state index contributed by atoms with van der Waals surface area (Å²) in [5, 5.41) is 5.53. The average Bonchev–Trinajstić information content (AvgIpc) is 3.22. The SMILES string of the molecule is Cc1ccc2ccc(C(=O)Nc3nc4ccc5sc(C)nc5c4s3)cc2n1. The van der Waals surface area contributed by atoms with Crippen LogP contribution < -0.4 is 5.32 Å². The molecule has 0 saturated heterocycles. The zero-order chi connectivity index (χ0) is 18.5. The molecule has 0 unspecified atom stereocenters. The van der Waals surface area contributed by atoms with Crippen LogP contribution in [-0.4, -0.2) is 20.9 Å². The molecule has 0 fully saturated rings. The highest BCUT2D eigenvalue weighted by molar-refractivity contribution is 7.24. The van der Waals surface area contributed by atoms with Crippen molar-refractivity contribution in [1.82, 2.24) is 15.0 Å². The Morgan fingerprint density at radius 2 is 1.78 bits per heavy atom. The summed E-state index contributed by atoms with van der Waals surface area (Å²) >= 11 is 3.12. The van der Waals surface area contributed by atoms with Gasteiger partial charge in [0.15, 0.2) is 5.13 Å². The lowest BCUT2D eigenvalue weighted by Crippen LogP contribution is -2.11. The van der Waals surface area contributed by atoms with E-state index in [1.165, 1.54) is 11.3 Å². The van der Waals surface area contributed by atoms with E-state index in [2.05, 4.69) is 20.3 Å². The molecule has 0 bridgehead atoms. The number of anilines is 1. The number of aryl methyl sites for hydroxylation is 2. The van der Waals surface area contributed by atoms with Gasteiger partial charge in [-0.3, -0.25) is 15.1 Å². The van der Waals surface area contributed by atoms with Crippen LogP contribution in [0.15, 0.2) is 42.5 Å². The molecule has 5 aromatic rings. The van der Waals surface area contributed by atoms with E-state index in [0.717, 1.165) is 42.0 Å². The van der Waals surface area contributed by atoms with Crippen molar-refractivity contribution in [2.45, 2.75) is 13.8 Å². The van der Waals surface area contributed by atoms with Gasteiger partial charge in [-0.15, -0.1) is 11.3 Å². The molecule has 0 radical (unpaired) electrons. The molecule has 27 heavy (non-hydrogen) atoms. The van der Waals surface area contributed by atoms with Crippen LogP contribution >= 0.6 is 22.7 Å². The van der Waals surface area contributed by atoms with Crippen molar-refractivity contribution in [2.24, 2.45) is 0 Å². The number of hydrogen-bond donors (Lipinski definition) is 1. The van der Waals surface area contributed by atoms with E-state index in [0.29, 0.717) is 10.7 Å². The van der Waals surface area contributed by atoms with Gasteiger partial charge in [0.1, 0.15) is 5.52 Å². The van der Waals surface area contributed by atoms with E-state index in [-0.39, 0.29) is 5.91 Å². The number of fused-ring (bicyclic) bond motifs is 4. The number of hydrogen-bond acceptors (Lipinski definition) is 6. The maximum atomic E-state index is 12.7. The first kappa shape index (κ1) is 16.3. The number of amides is 1. The first-order valence-corrected chi connectivity index (χ1v) is 10.1. The number of thiazole rings is 2. The molecule has 5 nitrogen and oxygen atoms in total. The summed E-state index contributed by atoms with van der Waals surface area (Å²) in [5.74, 6) is -0.190. The van der Waals surface area contributed by atoms with E-state index in [4.69, 9.17) is 0 Å². The molecule has 0 spiro atoms. The number of carbonyl (C=O) groups is 1. The van der Waals surface area contributed by atoms with Gasteiger partial charge in [-0.25, -0.2) is 9.97 Å². The van der Waals surface area contributed by atoms with Crippen molar-refractivity contribution >= 4 is 65.0 Å². The van der Waals surface area contributed by atoms with E-state index >= 15 is 0 Å². The fourth-order valence-corrected chi connectivity index (χ4v) is 4.92. The Morgan fingerprint density at radius 3 is 2.67 bits per heavy atom. The highest BCUT2D eigenvalue weighted by atomic mass is 32.1. The molecule has 0 aliphatic rings. The van der Waals surface area contributed by atoms with Gasteiger partial charge in [-0.05, 0) is 44.2 Å². The highest BCUT2D eigenvalue weighted by Crippen LogP contribution is 2.34. The molecule has 1 N–H and O–H groups in total. The summed E-state index contributed by atoms with van der Waals surface area (Å²) in [5.41, 5.74) is 4.11. The van der Waals surface area contributed by atoms with E-state index in [1.54, 1.807) is 11.3 Å². The molecule has 0 atom stereocenters. The first-order valence-electron chi connectivity index (χ1n) is 8.42. The third kappa shape index (κ3) is 2.85. The number of pyridine rings is 1. The first-order chi connectivity index (χ1) is 13.1. The molecule has 0 saturated carbocycles. The molecule has 7 heteroatoms. The minimum Gasteiger partial charge on any atom is -0.298 e. The Labute approximate surface area is 162 Å². The van der Waals surface area contributed by atoms with Crippen LogP contribution in [0.3, 0.4) is 0 Å². The van der Waals surface area contributed by atoms with E-state index < -0.39 is 0 Å². The number of nitrogens with one attached hydrogen (secondary N) is 1. The van der Waals surface area contributed by atoms with Crippen LogP contribution in [-0.2, 0) is 0 Å². The molecular formula is C20H14N4OS2. The summed E-state index contributed by atoms with van der Waals surface area (Å²) in [6, 6.07) is 13.5. The third-order valence-corrected chi connectivity index (χ3v) is 6.26. The lowest BCUT2D eigenvalue weighted by Gasteiger charge is -2.04. The molecule has 0 aliphatic carbocycles. The Bertz CT molecular complexity index is 1350. The fraction of sp³-hybridized carbons (Fsp3) is 0.100. The number of benzene rings is 2. The van der Waals surface area contributed by atoms with Gasteiger partial charge in [-0.2, -0.15) is 0 Å². The van der Waals surface area contributed by atoms with Gasteiger partial charge >= 0.3 is 0 Å². The van der Waals surface area contributed by atoms with E-state index in [1.807, 2.05) is 56.3 Å². The second-order valence-electron chi connectivity index (χ2n) is 6.33. The van der Waals surface area contributed by atoms with Crippen molar-refractivity contribution in [1.29, 1.82) is 0 Å². The number of rotatable bonds is 2. The minimum atomic E-state index is -0.190. The van der Waals surface area contributed by atoms with Crippen molar-refractivity contribution in [3.05, 3.63) is 58.7 Å². The van der Waals surface area contributed by atoms with Gasteiger partial charge in [0, 0.05) is 16.6 Å². The summed E-state index contributed by atoms with van der Waals surface area (Å²) < 4.78 is 2.14. The van der Waals surface area contributed by atoms with Crippen molar-refractivity contribution in [3.8, 4) is 0 Å². The summed E-state index contributed by atoms with van der Waals surface area (Å²) in [6.45, 7) is 3.93. The number of carbonyl (C=O) groups excluding carboxylic acids is 1. The predicted molar refractivity (Wildman–Crippen MR) is 112 cm³/mol. The van der Waals surface area contributed by atoms with Crippen molar-refractivity contribution < 1.29 is 4.79 Å². The lowest BCUT2D eigenvalue weighted by molar-refractivity contribution is 0.102. The van der Waals surface area contributed by atoms with Crippen LogP contribution in [0.4, 0.5) is 5.13 Å². The molecule has 132 valence electrons. The zero-order valence-electron chi connectivity index (χ0n) is 14.6. The minimum absolute atomic E-state index is 0.190. The normalized spacial score (nSPS) is 11.5. The molecule has 1 amide bonds. The highest BCUT2D eigenvalue weighted by Gasteiger charge is 2.14. The van der Waals surface area contributed by atoms with Gasteiger partial charge in [0.05, 0.1) is 25.4 Å². The second-order valence-corrected chi connectivity index (χ2v) is 8.56. The molecule has 5 rings (SSSR count). The average molecular weight is 390 g/mol. The van der Waals surface area contributed by atoms with Gasteiger partial charge in [0.2, 0.25) is 0 Å². The van der Waals surface area contributed by atoms with Crippen molar-refractivity contribution in [2.75, 3.05) is 5.32 Å². The van der Waals surface area contributed by atoms with Gasteiger partial charge in [-0.1, -0.05) is 23.5 Å². The maximum Gasteiger partial charge on any atom is 0.257 e. The van der Waals surface area contributed by atoms with Crippen LogP contribution in [0.25, 0.3) is 31.3 Å². The molecule has 3 aromatic heterocycles. The number of nitrogens with zero attached hydrogens (tertiary/aromatic N) is 3. The Balaban J connectivity index is 1.50. The van der Waals surface area contributed by atoms with Crippen LogP contribution in [0.2, 0.25) is 0 Å². The largest absolute Gasteiger partial charge is 0.298 e. The molecule has 2 aromatic carbocycles. The zero-order valence-corrected chi connectivity index (χ0v) is 16.2. The number of aromatic nitrogens is 3. The van der Waals surface area contributed by atoms with Crippen molar-refractivity contribution in [3.63, 3.8) is 0 Å². The Kier molecular flexibility index (Phi) is 3.66. The monoisotopic (exact) mass is 390 g/mol. The smallest absolute Gasteiger partial charge is 0.257 e. The quantitative estimate of drug-likeness (QED) is 0.443. The second kappa shape index (κ2) is 6.07. The molecule has 3 heterocycles. The van der Waals surface area contributed by atoms with E-state index in [9.17, 15) is 4.79 Å². The fourth-order valence-electron chi connectivity index (χ4n) is 3.07. The maximum absolute atomic E-state index is 12.7. The lowest BCUT2D eigenvalue weighted by atomic mass is 10.1. The predicted octanol–water partition coefficient (Wildman–Crippen LogP) is 5.32. The van der Waals surface area contributed by atoms with Gasteiger partial charge in [0.25, 0.3) is 5.91 Å². The summed E-state index contributed by atoms with van der Waals surface area (Å²) in [4.78, 5) is 26.4. The summed E-state index contributed by atoms with van der Waals surface area (Å²) in [7, 11) is 0. The van der Waals surface area contributed by atoms with Crippen LogP contribution in [0.1, 0.15) is 21.1 Å². The Hall–Kier alpha value is -2.90. The topological polar surface area (TPSA) is 67.8 Å². The molecular weight excluding hydrogens is 376 g/mol. The Morgan fingerprint density at radius 1 is 0.926 bits per heavy atom. The molecule has 0 aliphatic heterocycles. The third-order valence-electron chi connectivity index (χ3n) is 4.34. The summed E-state index contributed by atoms with van der Waals surface area (Å²) in [6.07, 6.45) is 0. The van der Waals surface area contributed by atoms with Crippen LogP contribution in [0, 0.1) is 13.8 Å². The van der Waals surface area contributed by atoms with Gasteiger partial charge < -0.3 is 0 Å². The van der Waals surface area contributed by atoms with Crippen LogP contribution in [0.5, 0.6) is 0 Å².